The third kappa shape index (κ3) is 3.22. The van der Waals surface area contributed by atoms with Crippen LogP contribution in [0, 0.1) is 23.2 Å². The summed E-state index contributed by atoms with van der Waals surface area (Å²) in [5, 5.41) is 8.64. The first kappa shape index (κ1) is 16.3. The highest BCUT2D eigenvalue weighted by Gasteiger charge is 2.42. The standard InChI is InChI=1S/C13H11F3N2O3S/c1-7-4-9(7)12(19)18-22(20,21)11-3-2-8(6-17)5-10(11)13(14,15)16/h2-3,5,7,9H,4H2,1H3,(H,18,19)/t7-,9+/m0/s1. The summed E-state index contributed by atoms with van der Waals surface area (Å²) in [6, 6.07) is 3.58. The molecule has 1 aliphatic carbocycles. The molecule has 9 heteroatoms. The number of nitrogens with one attached hydrogen (secondary N) is 1. The summed E-state index contributed by atoms with van der Waals surface area (Å²) >= 11 is 0. The van der Waals surface area contributed by atoms with Crippen molar-refractivity contribution in [3.05, 3.63) is 29.3 Å². The Balaban J connectivity index is 2.42. The first-order chi connectivity index (χ1) is 10.1. The SMILES string of the molecule is C[C@H]1C[C@H]1C(=O)NS(=O)(=O)c1ccc(C#N)cc1C(F)(F)F. The Kier molecular flexibility index (Phi) is 3.91. The van der Waals surface area contributed by atoms with Crippen molar-refractivity contribution in [3.63, 3.8) is 0 Å². The van der Waals surface area contributed by atoms with Gasteiger partial charge in [-0.25, -0.2) is 13.1 Å². The van der Waals surface area contributed by atoms with Crippen LogP contribution in [0.15, 0.2) is 23.1 Å². The first-order valence-electron chi connectivity index (χ1n) is 6.24. The third-order valence-electron chi connectivity index (χ3n) is 3.38. The second kappa shape index (κ2) is 5.28. The van der Waals surface area contributed by atoms with Crippen molar-refractivity contribution in [1.82, 2.24) is 4.72 Å². The minimum Gasteiger partial charge on any atom is -0.274 e. The van der Waals surface area contributed by atoms with Gasteiger partial charge < -0.3 is 0 Å². The maximum Gasteiger partial charge on any atom is 0.417 e. The molecule has 0 heterocycles. The number of rotatable bonds is 3. The number of nitrogens with zero attached hydrogens (tertiary/aromatic N) is 1. The normalized spacial score (nSPS) is 21.0. The molecule has 1 amide bonds. The number of alkyl halides is 3. The Hall–Kier alpha value is -2.08. The lowest BCUT2D eigenvalue weighted by molar-refractivity contribution is -0.140. The molecule has 1 aliphatic rings. The average Bonchev–Trinajstić information content (AvgIpc) is 3.14. The molecule has 1 aromatic carbocycles. The highest BCUT2D eigenvalue weighted by molar-refractivity contribution is 7.90. The Morgan fingerprint density at radius 1 is 1.41 bits per heavy atom. The second-order valence-electron chi connectivity index (χ2n) is 5.11. The van der Waals surface area contributed by atoms with Crippen LogP contribution in [0.1, 0.15) is 24.5 Å². The van der Waals surface area contributed by atoms with Crippen molar-refractivity contribution < 1.29 is 26.4 Å². The van der Waals surface area contributed by atoms with Crippen LogP contribution in [-0.4, -0.2) is 14.3 Å². The fourth-order valence-electron chi connectivity index (χ4n) is 2.01. The van der Waals surface area contributed by atoms with Crippen molar-refractivity contribution in [2.45, 2.75) is 24.4 Å². The molecule has 118 valence electrons. The van der Waals surface area contributed by atoms with E-state index in [4.69, 9.17) is 5.26 Å². The van der Waals surface area contributed by atoms with Crippen LogP contribution in [0.2, 0.25) is 0 Å². The molecule has 0 spiro atoms. The number of amides is 1. The molecule has 0 aliphatic heterocycles. The third-order valence-corrected chi connectivity index (χ3v) is 4.79. The molecule has 2 rings (SSSR count). The lowest BCUT2D eigenvalue weighted by Crippen LogP contribution is -2.33. The van der Waals surface area contributed by atoms with E-state index in [1.165, 1.54) is 6.07 Å². The molecule has 0 bridgehead atoms. The number of halogens is 3. The second-order valence-corrected chi connectivity index (χ2v) is 6.76. The zero-order valence-electron chi connectivity index (χ0n) is 11.3. The highest BCUT2D eigenvalue weighted by Crippen LogP contribution is 2.39. The highest BCUT2D eigenvalue weighted by atomic mass is 32.2. The van der Waals surface area contributed by atoms with Gasteiger partial charge in [0.2, 0.25) is 5.91 Å². The summed E-state index contributed by atoms with van der Waals surface area (Å²) in [6.07, 6.45) is -4.46. The minimum atomic E-state index is -4.97. The fraction of sp³-hybridized carbons (Fsp3) is 0.385. The van der Waals surface area contributed by atoms with Crippen molar-refractivity contribution in [1.29, 1.82) is 5.26 Å². The molecule has 22 heavy (non-hydrogen) atoms. The first-order valence-corrected chi connectivity index (χ1v) is 7.72. The van der Waals surface area contributed by atoms with E-state index >= 15 is 0 Å². The van der Waals surface area contributed by atoms with Gasteiger partial charge in [-0.05, 0) is 30.5 Å². The van der Waals surface area contributed by atoms with Crippen LogP contribution in [0.4, 0.5) is 13.2 Å². The van der Waals surface area contributed by atoms with Crippen molar-refractivity contribution in [2.75, 3.05) is 0 Å². The van der Waals surface area contributed by atoms with Gasteiger partial charge in [0.15, 0.2) is 0 Å². The molecule has 0 saturated heterocycles. The van der Waals surface area contributed by atoms with E-state index in [0.717, 1.165) is 6.07 Å². The van der Waals surface area contributed by atoms with E-state index in [0.29, 0.717) is 18.6 Å². The van der Waals surface area contributed by atoms with Crippen LogP contribution < -0.4 is 4.72 Å². The number of carbonyl (C=O) groups excluding carboxylic acids is 1. The monoisotopic (exact) mass is 332 g/mol. The maximum absolute atomic E-state index is 13.0. The number of sulfonamides is 1. The average molecular weight is 332 g/mol. The lowest BCUT2D eigenvalue weighted by Gasteiger charge is -2.14. The summed E-state index contributed by atoms with van der Waals surface area (Å²) < 4.78 is 64.7. The molecule has 1 fully saturated rings. The minimum absolute atomic E-state index is 0.0123. The Labute approximate surface area is 124 Å². The summed E-state index contributed by atoms with van der Waals surface area (Å²) in [7, 11) is -4.66. The molecular weight excluding hydrogens is 321 g/mol. The van der Waals surface area contributed by atoms with E-state index in [1.807, 2.05) is 0 Å². The number of hydrogen-bond acceptors (Lipinski definition) is 4. The molecule has 1 N–H and O–H groups in total. The van der Waals surface area contributed by atoms with Gasteiger partial charge in [-0.1, -0.05) is 6.92 Å². The maximum atomic E-state index is 13.0. The number of benzene rings is 1. The summed E-state index contributed by atoms with van der Waals surface area (Å²) in [5.41, 5.74) is -1.80. The zero-order chi connectivity index (χ0) is 16.7. The Morgan fingerprint density at radius 2 is 2.00 bits per heavy atom. The van der Waals surface area contributed by atoms with Gasteiger partial charge in [0.05, 0.1) is 22.1 Å². The quantitative estimate of drug-likeness (QED) is 0.917. The van der Waals surface area contributed by atoms with Crippen molar-refractivity contribution in [2.24, 2.45) is 11.8 Å². The van der Waals surface area contributed by atoms with E-state index in [-0.39, 0.29) is 11.5 Å². The summed E-state index contributed by atoms with van der Waals surface area (Å²) in [6.45, 7) is 1.74. The van der Waals surface area contributed by atoms with Crippen LogP contribution in [0.3, 0.4) is 0 Å². The van der Waals surface area contributed by atoms with Crippen molar-refractivity contribution >= 4 is 15.9 Å². The molecule has 0 radical (unpaired) electrons. The lowest BCUT2D eigenvalue weighted by atomic mass is 10.1. The topological polar surface area (TPSA) is 87.0 Å². The van der Waals surface area contributed by atoms with Gasteiger partial charge in [-0.2, -0.15) is 18.4 Å². The number of carbonyl (C=O) groups is 1. The van der Waals surface area contributed by atoms with E-state index in [9.17, 15) is 26.4 Å². The Bertz CT molecular complexity index is 766. The molecule has 2 atom stereocenters. The van der Waals surface area contributed by atoms with Gasteiger partial charge in [0.25, 0.3) is 10.0 Å². The fourth-order valence-corrected chi connectivity index (χ4v) is 3.24. The largest absolute Gasteiger partial charge is 0.417 e. The van der Waals surface area contributed by atoms with Gasteiger partial charge in [-0.15, -0.1) is 0 Å². The van der Waals surface area contributed by atoms with E-state index < -0.39 is 38.5 Å². The Morgan fingerprint density at radius 3 is 2.45 bits per heavy atom. The smallest absolute Gasteiger partial charge is 0.274 e. The zero-order valence-corrected chi connectivity index (χ0v) is 12.1. The number of nitriles is 1. The van der Waals surface area contributed by atoms with E-state index in [1.54, 1.807) is 11.6 Å². The molecule has 5 nitrogen and oxygen atoms in total. The van der Waals surface area contributed by atoms with Gasteiger partial charge in [0, 0.05) is 5.92 Å². The summed E-state index contributed by atoms with van der Waals surface area (Å²) in [4.78, 5) is 10.6. The molecular formula is C13H11F3N2O3S. The van der Waals surface area contributed by atoms with Crippen LogP contribution >= 0.6 is 0 Å². The molecule has 0 unspecified atom stereocenters. The summed E-state index contributed by atoms with van der Waals surface area (Å²) in [5.74, 6) is -1.30. The van der Waals surface area contributed by atoms with Gasteiger partial charge in [0.1, 0.15) is 0 Å². The van der Waals surface area contributed by atoms with Crippen LogP contribution in [0.5, 0.6) is 0 Å². The van der Waals surface area contributed by atoms with Crippen LogP contribution in [-0.2, 0) is 21.0 Å². The van der Waals surface area contributed by atoms with E-state index in [2.05, 4.69) is 0 Å². The van der Waals surface area contributed by atoms with Gasteiger partial charge in [-0.3, -0.25) is 4.79 Å². The van der Waals surface area contributed by atoms with Crippen LogP contribution in [0.25, 0.3) is 0 Å². The number of hydrogen-bond donors (Lipinski definition) is 1. The predicted molar refractivity (Wildman–Crippen MR) is 68.8 cm³/mol. The molecule has 1 aromatic rings. The predicted octanol–water partition coefficient (Wildman–Crippen LogP) is 2.04. The molecule has 1 saturated carbocycles. The van der Waals surface area contributed by atoms with Crippen molar-refractivity contribution in [3.8, 4) is 6.07 Å². The van der Waals surface area contributed by atoms with Gasteiger partial charge >= 0.3 is 6.18 Å². The molecule has 0 aromatic heterocycles.